The number of hydrogen-bond donors (Lipinski definition) is 4. The van der Waals surface area contributed by atoms with E-state index < -0.39 is 11.1 Å². The molecule has 0 aromatic rings. The molecule has 0 bridgehead atoms. The lowest BCUT2D eigenvalue weighted by atomic mass is 9.87. The number of nitrogens with two attached hydrogens (primary N) is 2. The molecule has 0 aliphatic rings. The highest BCUT2D eigenvalue weighted by Gasteiger charge is 2.36. The van der Waals surface area contributed by atoms with Crippen LogP contribution in [-0.4, -0.2) is 22.7 Å². The van der Waals surface area contributed by atoms with Gasteiger partial charge in [0.2, 0.25) is 0 Å². The molecule has 22 heavy (non-hydrogen) atoms. The molecule has 0 atom stereocenters. The van der Waals surface area contributed by atoms with Gasteiger partial charge in [0, 0.05) is 0 Å². The Labute approximate surface area is 135 Å². The van der Waals surface area contributed by atoms with Crippen molar-refractivity contribution >= 4 is 11.7 Å². The molecule has 128 valence electrons. The van der Waals surface area contributed by atoms with E-state index in [1.165, 1.54) is 0 Å². The van der Waals surface area contributed by atoms with Crippen molar-refractivity contribution in [3.8, 4) is 0 Å². The van der Waals surface area contributed by atoms with Gasteiger partial charge >= 0.3 is 0 Å². The highest BCUT2D eigenvalue weighted by Crippen LogP contribution is 2.30. The molecule has 0 aromatic heterocycles. The van der Waals surface area contributed by atoms with E-state index in [4.69, 9.17) is 22.3 Å². The Morgan fingerprint density at radius 3 is 1.05 bits per heavy atom. The van der Waals surface area contributed by atoms with Gasteiger partial charge in [0.05, 0.1) is 0 Å². The van der Waals surface area contributed by atoms with Gasteiger partial charge in [-0.05, 0) is 25.7 Å². The Morgan fingerprint density at radius 1 is 0.682 bits per heavy atom. The minimum absolute atomic E-state index is 0.0606. The first-order valence-corrected chi connectivity index (χ1v) is 8.47. The van der Waals surface area contributed by atoms with Crippen LogP contribution >= 0.6 is 0 Å². The second-order valence-electron chi connectivity index (χ2n) is 6.09. The van der Waals surface area contributed by atoms with Crippen LogP contribution in [0.2, 0.25) is 0 Å². The first-order chi connectivity index (χ1) is 10.3. The molecular formula is C16H34N6. The van der Waals surface area contributed by atoms with Crippen molar-refractivity contribution in [1.82, 2.24) is 0 Å². The second kappa shape index (κ2) is 9.54. The van der Waals surface area contributed by atoms with Crippen molar-refractivity contribution in [2.45, 2.75) is 90.1 Å². The van der Waals surface area contributed by atoms with Gasteiger partial charge in [0.15, 0.2) is 0 Å². The first-order valence-electron chi connectivity index (χ1n) is 8.47. The molecular weight excluding hydrogens is 276 g/mol. The predicted octanol–water partition coefficient (Wildman–Crippen LogP) is 3.99. The van der Waals surface area contributed by atoms with Crippen LogP contribution in [0.3, 0.4) is 0 Å². The van der Waals surface area contributed by atoms with Crippen LogP contribution in [0, 0.1) is 10.8 Å². The molecule has 0 fully saturated rings. The van der Waals surface area contributed by atoms with Gasteiger partial charge in [-0.1, -0.05) is 53.4 Å². The third kappa shape index (κ3) is 5.07. The van der Waals surface area contributed by atoms with E-state index in [2.05, 4.69) is 37.9 Å². The average Bonchev–Trinajstić information content (AvgIpc) is 2.44. The average molecular weight is 310 g/mol. The monoisotopic (exact) mass is 310 g/mol. The smallest absolute Gasteiger partial charge is 0.138 e. The standard InChI is InChI=1S/C16H34N6/c1-5-9-15(10-6-2,13(17)18)21-22-16(11-7-3,12-8-4)14(19)20/h5-12H2,1-4H3,(H3,17,18)(H3,19,20). The second-order valence-corrected chi connectivity index (χ2v) is 6.09. The van der Waals surface area contributed by atoms with Crippen LogP contribution < -0.4 is 11.5 Å². The molecule has 6 heteroatoms. The minimum Gasteiger partial charge on any atom is -0.386 e. The maximum Gasteiger partial charge on any atom is 0.138 e. The maximum absolute atomic E-state index is 7.96. The van der Waals surface area contributed by atoms with Gasteiger partial charge in [-0.3, -0.25) is 10.8 Å². The maximum atomic E-state index is 7.96. The molecule has 0 saturated heterocycles. The molecule has 6 nitrogen and oxygen atoms in total. The Bertz CT molecular complexity index is 340. The first kappa shape index (κ1) is 20.5. The van der Waals surface area contributed by atoms with E-state index in [0.29, 0.717) is 25.7 Å². The van der Waals surface area contributed by atoms with Crippen molar-refractivity contribution in [2.24, 2.45) is 21.7 Å². The fraction of sp³-hybridized carbons (Fsp3) is 0.875. The molecule has 0 radical (unpaired) electrons. The van der Waals surface area contributed by atoms with Crippen molar-refractivity contribution in [3.05, 3.63) is 0 Å². The number of rotatable bonds is 12. The molecule has 0 saturated carbocycles. The Kier molecular flexibility index (Phi) is 8.90. The summed E-state index contributed by atoms with van der Waals surface area (Å²) < 4.78 is 0. The zero-order valence-electron chi connectivity index (χ0n) is 14.7. The summed E-state index contributed by atoms with van der Waals surface area (Å²) in [5.74, 6) is 0.121. The van der Waals surface area contributed by atoms with Gasteiger partial charge in [0.1, 0.15) is 22.7 Å². The Morgan fingerprint density at radius 2 is 0.909 bits per heavy atom. The number of hydrogen-bond acceptors (Lipinski definition) is 4. The molecule has 6 N–H and O–H groups in total. The van der Waals surface area contributed by atoms with Crippen LogP contribution in [0.5, 0.6) is 0 Å². The summed E-state index contributed by atoms with van der Waals surface area (Å²) in [5.41, 5.74) is 10.2. The lowest BCUT2D eigenvalue weighted by molar-refractivity contribution is 0.388. The van der Waals surface area contributed by atoms with Crippen molar-refractivity contribution in [2.75, 3.05) is 0 Å². The van der Waals surface area contributed by atoms with E-state index in [0.717, 1.165) is 25.7 Å². The molecule has 0 spiro atoms. The van der Waals surface area contributed by atoms with E-state index in [1.54, 1.807) is 0 Å². The number of nitrogens with one attached hydrogen (secondary N) is 2. The van der Waals surface area contributed by atoms with Crippen LogP contribution in [0.1, 0.15) is 79.1 Å². The van der Waals surface area contributed by atoms with E-state index in [9.17, 15) is 0 Å². The van der Waals surface area contributed by atoms with Crippen LogP contribution in [0.15, 0.2) is 10.2 Å². The molecule has 0 aliphatic carbocycles. The molecule has 0 aliphatic heterocycles. The number of amidine groups is 2. The van der Waals surface area contributed by atoms with Crippen molar-refractivity contribution in [1.29, 1.82) is 10.8 Å². The van der Waals surface area contributed by atoms with E-state index in [-0.39, 0.29) is 11.7 Å². The Balaban J connectivity index is 5.72. The fourth-order valence-electron chi connectivity index (χ4n) is 2.94. The third-order valence-electron chi connectivity index (χ3n) is 4.09. The van der Waals surface area contributed by atoms with Crippen LogP contribution in [0.4, 0.5) is 0 Å². The zero-order valence-corrected chi connectivity index (χ0v) is 14.7. The summed E-state index contributed by atoms with van der Waals surface area (Å²) in [6, 6.07) is 0. The molecule has 0 heterocycles. The normalized spacial score (nSPS) is 12.7. The Hall–Kier alpha value is -1.46. The lowest BCUT2D eigenvalue weighted by Gasteiger charge is -2.31. The predicted molar refractivity (Wildman–Crippen MR) is 93.8 cm³/mol. The lowest BCUT2D eigenvalue weighted by Crippen LogP contribution is -2.45. The quantitative estimate of drug-likeness (QED) is 0.247. The SMILES string of the molecule is CCCC(CCC)(N=NC(CCC)(CCC)C(=N)N)C(=N)N. The number of azo groups is 1. The molecule has 0 rings (SSSR count). The summed E-state index contributed by atoms with van der Waals surface area (Å²) in [4.78, 5) is 0. The molecule has 0 aromatic carbocycles. The summed E-state index contributed by atoms with van der Waals surface area (Å²) in [5, 5.41) is 25.0. The minimum atomic E-state index is -0.744. The van der Waals surface area contributed by atoms with Gasteiger partial charge in [-0.25, -0.2) is 0 Å². The largest absolute Gasteiger partial charge is 0.386 e. The summed E-state index contributed by atoms with van der Waals surface area (Å²) in [6.45, 7) is 8.22. The van der Waals surface area contributed by atoms with Gasteiger partial charge in [-0.15, -0.1) is 0 Å². The summed E-state index contributed by atoms with van der Waals surface area (Å²) in [6.07, 6.45) is 6.33. The summed E-state index contributed by atoms with van der Waals surface area (Å²) >= 11 is 0. The third-order valence-corrected chi connectivity index (χ3v) is 4.09. The summed E-state index contributed by atoms with van der Waals surface area (Å²) in [7, 11) is 0. The van der Waals surface area contributed by atoms with Crippen molar-refractivity contribution in [3.63, 3.8) is 0 Å². The van der Waals surface area contributed by atoms with E-state index >= 15 is 0 Å². The number of nitrogens with zero attached hydrogens (tertiary/aromatic N) is 2. The topological polar surface area (TPSA) is 124 Å². The van der Waals surface area contributed by atoms with Crippen molar-refractivity contribution < 1.29 is 0 Å². The molecule has 0 amide bonds. The van der Waals surface area contributed by atoms with Gasteiger partial charge in [0.25, 0.3) is 0 Å². The van der Waals surface area contributed by atoms with E-state index in [1.807, 2.05) is 0 Å². The highest BCUT2D eigenvalue weighted by molar-refractivity contribution is 5.88. The highest BCUT2D eigenvalue weighted by atomic mass is 15.2. The van der Waals surface area contributed by atoms with Crippen LogP contribution in [0.25, 0.3) is 0 Å². The molecule has 0 unspecified atom stereocenters. The zero-order chi connectivity index (χ0) is 17.2. The fourth-order valence-corrected chi connectivity index (χ4v) is 2.94. The van der Waals surface area contributed by atoms with Gasteiger partial charge < -0.3 is 11.5 Å². The van der Waals surface area contributed by atoms with Gasteiger partial charge in [-0.2, -0.15) is 10.2 Å². The van der Waals surface area contributed by atoms with Crippen LogP contribution in [-0.2, 0) is 0 Å².